The second-order valence-electron chi connectivity index (χ2n) is 4.23. The van der Waals surface area contributed by atoms with Crippen molar-refractivity contribution in [1.29, 1.82) is 0 Å². The first-order chi connectivity index (χ1) is 8.04. The van der Waals surface area contributed by atoms with Crippen molar-refractivity contribution in [1.82, 2.24) is 5.32 Å². The summed E-state index contributed by atoms with van der Waals surface area (Å²) in [4.78, 5) is 12.8. The number of likely N-dealkylation sites (N-methyl/N-ethyl adjacent to an activating group) is 1. The Morgan fingerprint density at radius 1 is 1.47 bits per heavy atom. The maximum absolute atomic E-state index is 10.9. The fourth-order valence-electron chi connectivity index (χ4n) is 1.81. The molecule has 0 radical (unpaired) electrons. The number of hydrogen-bond donors (Lipinski definition) is 2. The second-order valence-corrected chi connectivity index (χ2v) is 4.23. The molecular weight excluding hydrogens is 214 g/mol. The highest BCUT2D eigenvalue weighted by Gasteiger charge is 2.09. The highest BCUT2D eigenvalue weighted by Crippen LogP contribution is 2.20. The predicted molar refractivity (Wildman–Crippen MR) is 71.0 cm³/mol. The minimum absolute atomic E-state index is 0.238. The summed E-state index contributed by atoms with van der Waals surface area (Å²) in [7, 11) is 1.88. The quantitative estimate of drug-likeness (QED) is 0.774. The number of nitrogens with one attached hydrogen (secondary N) is 1. The Morgan fingerprint density at radius 2 is 2.18 bits per heavy atom. The van der Waals surface area contributed by atoms with Crippen molar-refractivity contribution >= 4 is 11.6 Å². The van der Waals surface area contributed by atoms with Gasteiger partial charge in [0.25, 0.3) is 0 Å². The number of rotatable bonds is 6. The number of anilines is 1. The molecule has 0 bridgehead atoms. The maximum atomic E-state index is 10.9. The van der Waals surface area contributed by atoms with Crippen molar-refractivity contribution in [3.63, 3.8) is 0 Å². The fourth-order valence-corrected chi connectivity index (χ4v) is 1.81. The van der Waals surface area contributed by atoms with Gasteiger partial charge in [0.2, 0.25) is 5.91 Å². The number of carbonyl (C=O) groups excluding carboxylic acids is 1. The van der Waals surface area contributed by atoms with Crippen LogP contribution in [0.3, 0.4) is 0 Å². The van der Waals surface area contributed by atoms with Crippen LogP contribution in [-0.4, -0.2) is 26.0 Å². The van der Waals surface area contributed by atoms with Gasteiger partial charge in [0.15, 0.2) is 0 Å². The SMILES string of the molecule is CCNCc1cc(C)ccc1N(C)CC(N)=O. The van der Waals surface area contributed by atoms with Crippen LogP contribution >= 0.6 is 0 Å². The highest BCUT2D eigenvalue weighted by molar-refractivity contribution is 5.79. The van der Waals surface area contributed by atoms with Crippen molar-refractivity contribution in [2.45, 2.75) is 20.4 Å². The molecule has 0 aromatic heterocycles. The number of primary amides is 1. The Morgan fingerprint density at radius 3 is 2.76 bits per heavy atom. The molecule has 0 saturated carbocycles. The first-order valence-electron chi connectivity index (χ1n) is 5.84. The largest absolute Gasteiger partial charge is 0.368 e. The normalized spacial score (nSPS) is 10.3. The lowest BCUT2D eigenvalue weighted by atomic mass is 10.1. The number of nitrogens with two attached hydrogens (primary N) is 1. The zero-order valence-corrected chi connectivity index (χ0v) is 10.8. The standard InChI is InChI=1S/C13H21N3O/c1-4-15-8-11-7-10(2)5-6-12(11)16(3)9-13(14)17/h5-7,15H,4,8-9H2,1-3H3,(H2,14,17). The van der Waals surface area contributed by atoms with Gasteiger partial charge in [0, 0.05) is 19.3 Å². The van der Waals surface area contributed by atoms with Crippen molar-refractivity contribution in [3.8, 4) is 0 Å². The van der Waals surface area contributed by atoms with Crippen LogP contribution in [0.25, 0.3) is 0 Å². The minimum Gasteiger partial charge on any atom is -0.368 e. The van der Waals surface area contributed by atoms with Gasteiger partial charge in [-0.3, -0.25) is 4.79 Å². The van der Waals surface area contributed by atoms with Crippen LogP contribution in [0.2, 0.25) is 0 Å². The van der Waals surface area contributed by atoms with Crippen LogP contribution in [0.1, 0.15) is 18.1 Å². The lowest BCUT2D eigenvalue weighted by molar-refractivity contribution is -0.116. The third-order valence-electron chi connectivity index (χ3n) is 2.60. The molecule has 4 heteroatoms. The third kappa shape index (κ3) is 4.07. The van der Waals surface area contributed by atoms with Crippen LogP contribution in [0.4, 0.5) is 5.69 Å². The number of carbonyl (C=O) groups is 1. The Hall–Kier alpha value is -1.55. The number of benzene rings is 1. The van der Waals surface area contributed by atoms with E-state index >= 15 is 0 Å². The fraction of sp³-hybridized carbons (Fsp3) is 0.462. The molecule has 3 N–H and O–H groups in total. The van der Waals surface area contributed by atoms with E-state index in [9.17, 15) is 4.79 Å². The zero-order valence-electron chi connectivity index (χ0n) is 10.8. The van der Waals surface area contributed by atoms with Gasteiger partial charge in [-0.05, 0) is 25.1 Å². The molecule has 0 unspecified atom stereocenters. The predicted octanol–water partition coefficient (Wildman–Crippen LogP) is 1.03. The Kier molecular flexibility index (Phi) is 4.97. The molecule has 0 atom stereocenters. The maximum Gasteiger partial charge on any atom is 0.236 e. The summed E-state index contributed by atoms with van der Waals surface area (Å²) in [6.07, 6.45) is 0. The van der Waals surface area contributed by atoms with E-state index in [1.165, 1.54) is 11.1 Å². The molecule has 1 amide bonds. The lowest BCUT2D eigenvalue weighted by Gasteiger charge is -2.21. The average Bonchev–Trinajstić information content (AvgIpc) is 2.25. The summed E-state index contributed by atoms with van der Waals surface area (Å²) >= 11 is 0. The molecule has 0 aliphatic carbocycles. The smallest absolute Gasteiger partial charge is 0.236 e. The van der Waals surface area contributed by atoms with Gasteiger partial charge < -0.3 is 16.0 Å². The molecule has 1 aromatic carbocycles. The monoisotopic (exact) mass is 235 g/mol. The van der Waals surface area contributed by atoms with E-state index < -0.39 is 0 Å². The number of aryl methyl sites for hydroxylation is 1. The second kappa shape index (κ2) is 6.25. The average molecular weight is 235 g/mol. The third-order valence-corrected chi connectivity index (χ3v) is 2.60. The first kappa shape index (κ1) is 13.5. The number of hydrogen-bond acceptors (Lipinski definition) is 3. The Balaban J connectivity index is 2.92. The molecule has 94 valence electrons. The van der Waals surface area contributed by atoms with Gasteiger partial charge >= 0.3 is 0 Å². The summed E-state index contributed by atoms with van der Waals surface area (Å²) in [6.45, 7) is 6.10. The minimum atomic E-state index is -0.317. The van der Waals surface area contributed by atoms with Crippen LogP contribution < -0.4 is 16.0 Å². The molecule has 0 spiro atoms. The van der Waals surface area contributed by atoms with E-state index in [1.807, 2.05) is 24.1 Å². The van der Waals surface area contributed by atoms with Crippen LogP contribution in [0, 0.1) is 6.92 Å². The van der Waals surface area contributed by atoms with E-state index in [-0.39, 0.29) is 12.5 Å². The molecule has 0 aliphatic rings. The molecule has 0 saturated heterocycles. The van der Waals surface area contributed by atoms with Crippen molar-refractivity contribution in [3.05, 3.63) is 29.3 Å². The van der Waals surface area contributed by atoms with Crippen LogP contribution in [-0.2, 0) is 11.3 Å². The topological polar surface area (TPSA) is 58.4 Å². The van der Waals surface area contributed by atoms with Crippen LogP contribution in [0.15, 0.2) is 18.2 Å². The van der Waals surface area contributed by atoms with Crippen molar-refractivity contribution in [2.24, 2.45) is 5.73 Å². The lowest BCUT2D eigenvalue weighted by Crippen LogP contribution is -2.31. The molecule has 4 nitrogen and oxygen atoms in total. The van der Waals surface area contributed by atoms with Crippen molar-refractivity contribution in [2.75, 3.05) is 25.0 Å². The summed E-state index contributed by atoms with van der Waals surface area (Å²) in [5.41, 5.74) is 8.67. The first-order valence-corrected chi connectivity index (χ1v) is 5.84. The molecule has 17 heavy (non-hydrogen) atoms. The number of amides is 1. The molecule has 1 rings (SSSR count). The Labute approximate surface area is 103 Å². The summed E-state index contributed by atoms with van der Waals surface area (Å²) in [5, 5.41) is 3.30. The van der Waals surface area contributed by atoms with E-state index in [4.69, 9.17) is 5.73 Å². The van der Waals surface area contributed by atoms with E-state index in [2.05, 4.69) is 25.2 Å². The van der Waals surface area contributed by atoms with Gasteiger partial charge in [-0.25, -0.2) is 0 Å². The van der Waals surface area contributed by atoms with Gasteiger partial charge in [-0.2, -0.15) is 0 Å². The molecular formula is C13H21N3O. The number of nitrogens with zero attached hydrogens (tertiary/aromatic N) is 1. The van der Waals surface area contributed by atoms with E-state index in [1.54, 1.807) is 0 Å². The van der Waals surface area contributed by atoms with E-state index in [0.29, 0.717) is 0 Å². The van der Waals surface area contributed by atoms with E-state index in [0.717, 1.165) is 18.8 Å². The Bertz CT molecular complexity index is 390. The summed E-state index contributed by atoms with van der Waals surface area (Å²) in [6, 6.07) is 6.21. The van der Waals surface area contributed by atoms with Gasteiger partial charge in [-0.1, -0.05) is 24.6 Å². The van der Waals surface area contributed by atoms with Gasteiger partial charge in [0.05, 0.1) is 6.54 Å². The summed E-state index contributed by atoms with van der Waals surface area (Å²) < 4.78 is 0. The van der Waals surface area contributed by atoms with Gasteiger partial charge in [0.1, 0.15) is 0 Å². The molecule has 0 aliphatic heterocycles. The molecule has 1 aromatic rings. The van der Waals surface area contributed by atoms with Crippen molar-refractivity contribution < 1.29 is 4.79 Å². The zero-order chi connectivity index (χ0) is 12.8. The summed E-state index contributed by atoms with van der Waals surface area (Å²) in [5.74, 6) is -0.317. The highest BCUT2D eigenvalue weighted by atomic mass is 16.1. The molecule has 0 heterocycles. The van der Waals surface area contributed by atoms with Gasteiger partial charge in [-0.15, -0.1) is 0 Å². The molecule has 0 fully saturated rings. The van der Waals surface area contributed by atoms with Crippen LogP contribution in [0.5, 0.6) is 0 Å².